The summed E-state index contributed by atoms with van der Waals surface area (Å²) in [5.41, 5.74) is 0.485. The molecule has 0 aromatic carbocycles. The molecule has 0 aromatic heterocycles. The molecule has 32 heavy (non-hydrogen) atoms. The van der Waals surface area contributed by atoms with Gasteiger partial charge in [-0.1, -0.05) is 41.5 Å². The number of esters is 1. The molecule has 5 aliphatic carbocycles. The van der Waals surface area contributed by atoms with Crippen LogP contribution in [0.15, 0.2) is 0 Å². The Balaban J connectivity index is 1.41. The first kappa shape index (κ1) is 21.9. The Morgan fingerprint density at radius 3 is 2.09 bits per heavy atom. The molecule has 6 rings (SSSR count). The van der Waals surface area contributed by atoms with Crippen LogP contribution < -0.4 is 0 Å². The molecule has 9 unspecified atom stereocenters. The maximum Gasteiger partial charge on any atom is 0.313 e. The zero-order chi connectivity index (χ0) is 22.9. The first-order chi connectivity index (χ1) is 14.8. The summed E-state index contributed by atoms with van der Waals surface area (Å²) in [5, 5.41) is 10.9. The molecule has 1 aliphatic heterocycles. The van der Waals surface area contributed by atoms with Gasteiger partial charge in [0.2, 0.25) is 0 Å². The van der Waals surface area contributed by atoms with Crippen molar-refractivity contribution in [3.05, 3.63) is 0 Å². The number of carbonyl (C=O) groups excluding carboxylic acids is 1. The van der Waals surface area contributed by atoms with Crippen LogP contribution in [0.3, 0.4) is 0 Å². The summed E-state index contributed by atoms with van der Waals surface area (Å²) < 4.78 is 6.67. The van der Waals surface area contributed by atoms with Gasteiger partial charge in [0.25, 0.3) is 0 Å². The molecule has 1 spiro atoms. The van der Waals surface area contributed by atoms with Crippen molar-refractivity contribution in [2.45, 2.75) is 124 Å². The standard InChI is InChI=1S/C29H46O3/c1-24(2)15-16-28-13-8-20-27(6)11-7-18-25(3,4)22(30)10-12-26(18,5)19(27)9-14-29(20,21(28)17-24)32-23(28)31/h18-22,30H,7-17H2,1-6H3. The lowest BCUT2D eigenvalue weighted by molar-refractivity contribution is -0.247. The predicted octanol–water partition coefficient (Wildman–Crippen LogP) is 6.52. The molecule has 1 N–H and O–H groups in total. The summed E-state index contributed by atoms with van der Waals surface area (Å²) in [4.78, 5) is 13.5. The van der Waals surface area contributed by atoms with E-state index < -0.39 is 0 Å². The summed E-state index contributed by atoms with van der Waals surface area (Å²) in [5.74, 6) is 2.38. The van der Waals surface area contributed by atoms with Gasteiger partial charge in [0.15, 0.2) is 0 Å². The minimum absolute atomic E-state index is 0.00159. The molecule has 3 nitrogen and oxygen atoms in total. The van der Waals surface area contributed by atoms with Crippen molar-refractivity contribution in [1.29, 1.82) is 0 Å². The van der Waals surface area contributed by atoms with Crippen molar-refractivity contribution in [2.24, 2.45) is 50.7 Å². The van der Waals surface area contributed by atoms with Crippen molar-refractivity contribution < 1.29 is 14.6 Å². The molecule has 9 atom stereocenters. The summed E-state index contributed by atoms with van der Waals surface area (Å²) >= 11 is 0. The predicted molar refractivity (Wildman–Crippen MR) is 126 cm³/mol. The Bertz CT molecular complexity index is 845. The van der Waals surface area contributed by atoms with Crippen LogP contribution in [-0.2, 0) is 9.53 Å². The number of aliphatic hydroxyl groups excluding tert-OH is 1. The summed E-state index contributed by atoms with van der Waals surface area (Å²) in [6, 6.07) is 0. The summed E-state index contributed by atoms with van der Waals surface area (Å²) in [6.45, 7) is 14.6. The lowest BCUT2D eigenvalue weighted by atomic mass is 9.35. The first-order valence-electron chi connectivity index (χ1n) is 13.7. The van der Waals surface area contributed by atoms with E-state index in [0.717, 1.165) is 44.9 Å². The van der Waals surface area contributed by atoms with Gasteiger partial charge in [-0.25, -0.2) is 0 Å². The highest BCUT2D eigenvalue weighted by atomic mass is 16.6. The highest BCUT2D eigenvalue weighted by Crippen LogP contribution is 2.76. The van der Waals surface area contributed by atoms with Crippen molar-refractivity contribution in [3.63, 3.8) is 0 Å². The molecule has 2 bridgehead atoms. The monoisotopic (exact) mass is 442 g/mol. The SMILES string of the molecule is CC1(C)CCC23CCC4C5(C)CCC6C(C)(C)C(O)CCC6(C)C5CCC4(OC2=O)C3C1. The van der Waals surface area contributed by atoms with Crippen LogP contribution in [-0.4, -0.2) is 22.8 Å². The fraction of sp³-hybridized carbons (Fsp3) is 0.966. The second kappa shape index (κ2) is 6.16. The van der Waals surface area contributed by atoms with E-state index in [2.05, 4.69) is 41.5 Å². The molecule has 6 fully saturated rings. The fourth-order valence-electron chi connectivity index (χ4n) is 11.5. The van der Waals surface area contributed by atoms with Gasteiger partial charge in [-0.15, -0.1) is 0 Å². The van der Waals surface area contributed by atoms with Gasteiger partial charge in [0.1, 0.15) is 5.60 Å². The summed E-state index contributed by atoms with van der Waals surface area (Å²) in [7, 11) is 0. The molecule has 0 amide bonds. The number of fused-ring (bicyclic) bond motifs is 4. The zero-order valence-electron chi connectivity index (χ0n) is 21.4. The topological polar surface area (TPSA) is 46.5 Å². The molecule has 0 radical (unpaired) electrons. The van der Waals surface area contributed by atoms with E-state index >= 15 is 0 Å². The number of hydrogen-bond acceptors (Lipinski definition) is 3. The van der Waals surface area contributed by atoms with Gasteiger partial charge in [0.05, 0.1) is 11.5 Å². The third kappa shape index (κ3) is 2.36. The molecule has 1 heterocycles. The van der Waals surface area contributed by atoms with Crippen LogP contribution in [0.1, 0.15) is 112 Å². The van der Waals surface area contributed by atoms with Crippen molar-refractivity contribution >= 4 is 5.97 Å². The minimum Gasteiger partial charge on any atom is -0.458 e. The van der Waals surface area contributed by atoms with E-state index in [0.29, 0.717) is 34.5 Å². The lowest BCUT2D eigenvalue weighted by Gasteiger charge is -2.70. The number of hydrogen-bond donors (Lipinski definition) is 1. The molecular formula is C29H46O3. The number of rotatable bonds is 0. The van der Waals surface area contributed by atoms with Crippen LogP contribution in [0.4, 0.5) is 0 Å². The van der Waals surface area contributed by atoms with Gasteiger partial charge in [0, 0.05) is 11.8 Å². The third-order valence-electron chi connectivity index (χ3n) is 13.1. The molecule has 5 saturated carbocycles. The van der Waals surface area contributed by atoms with E-state index in [1.165, 1.54) is 25.7 Å². The average Bonchev–Trinajstić information content (AvgIpc) is 2.83. The number of carbonyl (C=O) groups is 1. The van der Waals surface area contributed by atoms with Crippen LogP contribution >= 0.6 is 0 Å². The average molecular weight is 443 g/mol. The number of ether oxygens (including phenoxy) is 1. The molecule has 3 heteroatoms. The second-order valence-corrected chi connectivity index (χ2v) is 15.1. The van der Waals surface area contributed by atoms with Crippen LogP contribution in [0.2, 0.25) is 0 Å². The fourth-order valence-corrected chi connectivity index (χ4v) is 11.5. The van der Waals surface area contributed by atoms with E-state index in [4.69, 9.17) is 4.74 Å². The van der Waals surface area contributed by atoms with E-state index in [1.807, 2.05) is 0 Å². The molecule has 1 saturated heterocycles. The third-order valence-corrected chi connectivity index (χ3v) is 13.1. The zero-order valence-corrected chi connectivity index (χ0v) is 21.4. The number of aliphatic hydroxyl groups is 1. The lowest BCUT2D eigenvalue weighted by Crippen LogP contribution is -2.67. The maximum absolute atomic E-state index is 13.5. The Morgan fingerprint density at radius 1 is 0.719 bits per heavy atom. The van der Waals surface area contributed by atoms with E-state index in [1.54, 1.807) is 0 Å². The van der Waals surface area contributed by atoms with Crippen LogP contribution in [0.25, 0.3) is 0 Å². The largest absolute Gasteiger partial charge is 0.458 e. The highest BCUT2D eigenvalue weighted by molar-refractivity contribution is 5.81. The smallest absolute Gasteiger partial charge is 0.313 e. The summed E-state index contributed by atoms with van der Waals surface area (Å²) in [6.07, 6.45) is 12.3. The van der Waals surface area contributed by atoms with Gasteiger partial charge in [-0.2, -0.15) is 0 Å². The Labute approximate surface area is 195 Å². The van der Waals surface area contributed by atoms with Crippen molar-refractivity contribution in [1.82, 2.24) is 0 Å². The van der Waals surface area contributed by atoms with Gasteiger partial charge in [-0.3, -0.25) is 4.79 Å². The van der Waals surface area contributed by atoms with E-state index in [9.17, 15) is 9.90 Å². The second-order valence-electron chi connectivity index (χ2n) is 15.1. The Morgan fingerprint density at radius 2 is 1.34 bits per heavy atom. The van der Waals surface area contributed by atoms with Gasteiger partial charge >= 0.3 is 5.97 Å². The molecule has 0 aromatic rings. The van der Waals surface area contributed by atoms with Crippen molar-refractivity contribution in [2.75, 3.05) is 0 Å². The normalized spacial score (nSPS) is 57.5. The van der Waals surface area contributed by atoms with E-state index in [-0.39, 0.29) is 33.9 Å². The Hall–Kier alpha value is -0.570. The maximum atomic E-state index is 13.5. The van der Waals surface area contributed by atoms with Crippen LogP contribution in [0.5, 0.6) is 0 Å². The Kier molecular flexibility index (Phi) is 4.22. The molecule has 6 aliphatic rings. The van der Waals surface area contributed by atoms with Crippen molar-refractivity contribution in [3.8, 4) is 0 Å². The van der Waals surface area contributed by atoms with Crippen LogP contribution in [0, 0.1) is 50.7 Å². The quantitative estimate of drug-likeness (QED) is 0.435. The van der Waals surface area contributed by atoms with Gasteiger partial charge < -0.3 is 9.84 Å². The van der Waals surface area contributed by atoms with Gasteiger partial charge in [-0.05, 0) is 104 Å². The molecular weight excluding hydrogens is 396 g/mol. The first-order valence-corrected chi connectivity index (χ1v) is 13.7. The highest BCUT2D eigenvalue weighted by Gasteiger charge is 2.76. The minimum atomic E-state index is -0.203. The molecule has 180 valence electrons.